The lowest BCUT2D eigenvalue weighted by Gasteiger charge is -2.27. The first-order valence-electron chi connectivity index (χ1n) is 5.76. The molecule has 0 radical (unpaired) electrons. The predicted molar refractivity (Wildman–Crippen MR) is 65.5 cm³/mol. The van der Waals surface area contributed by atoms with Crippen molar-refractivity contribution in [3.8, 4) is 5.75 Å². The number of hydrogen-bond donors (Lipinski definition) is 3. The lowest BCUT2D eigenvalue weighted by atomic mass is 10.1. The van der Waals surface area contributed by atoms with Crippen LogP contribution >= 0.6 is 0 Å². The van der Waals surface area contributed by atoms with Crippen LogP contribution in [0.25, 0.3) is 0 Å². The maximum atomic E-state index is 9.32. The van der Waals surface area contributed by atoms with E-state index in [2.05, 4.69) is 10.2 Å². The number of nitrogen functional groups attached to an aromatic ring is 1. The Bertz CT molecular complexity index is 348. The van der Waals surface area contributed by atoms with E-state index in [1.165, 1.54) is 5.56 Å². The van der Waals surface area contributed by atoms with Gasteiger partial charge < -0.3 is 21.1 Å². The summed E-state index contributed by atoms with van der Waals surface area (Å²) in [5.41, 5.74) is 7.31. The minimum absolute atomic E-state index is 0.172. The summed E-state index contributed by atoms with van der Waals surface area (Å²) in [6.45, 7) is 5.46. The number of rotatable bonds is 3. The lowest BCUT2D eigenvalue weighted by molar-refractivity contribution is 0.244. The minimum Gasteiger partial charge on any atom is -0.506 e. The molecule has 4 nitrogen and oxygen atoms in total. The molecule has 0 amide bonds. The lowest BCUT2D eigenvalue weighted by Crippen LogP contribution is -2.44. The van der Waals surface area contributed by atoms with Crippen LogP contribution in [-0.2, 0) is 6.42 Å². The number of benzene rings is 1. The van der Waals surface area contributed by atoms with E-state index in [-0.39, 0.29) is 5.75 Å². The number of phenolic OH excluding ortho intramolecular Hbond substituents is 1. The van der Waals surface area contributed by atoms with Gasteiger partial charge in [-0.2, -0.15) is 0 Å². The van der Waals surface area contributed by atoms with Crippen LogP contribution in [0.2, 0.25) is 0 Å². The average Bonchev–Trinajstić information content (AvgIpc) is 2.32. The van der Waals surface area contributed by atoms with E-state index in [1.807, 2.05) is 12.1 Å². The third-order valence-electron chi connectivity index (χ3n) is 3.02. The molecule has 1 saturated heterocycles. The molecule has 0 spiro atoms. The molecule has 1 heterocycles. The van der Waals surface area contributed by atoms with Crippen molar-refractivity contribution in [3.63, 3.8) is 0 Å². The van der Waals surface area contributed by atoms with Gasteiger partial charge in [-0.05, 0) is 24.1 Å². The SMILES string of the molecule is Nc1cc(CCN2CCNCC2)ccc1O. The molecule has 4 heteroatoms. The van der Waals surface area contributed by atoms with E-state index in [9.17, 15) is 5.11 Å². The number of aromatic hydroxyl groups is 1. The number of piperazine rings is 1. The Morgan fingerprint density at radius 2 is 2.06 bits per heavy atom. The van der Waals surface area contributed by atoms with Gasteiger partial charge >= 0.3 is 0 Å². The molecule has 1 aromatic carbocycles. The fraction of sp³-hybridized carbons (Fsp3) is 0.500. The van der Waals surface area contributed by atoms with Crippen molar-refractivity contribution in [2.24, 2.45) is 0 Å². The highest BCUT2D eigenvalue weighted by atomic mass is 16.3. The summed E-state index contributed by atoms with van der Waals surface area (Å²) in [6.07, 6.45) is 0.991. The van der Waals surface area contributed by atoms with Gasteiger partial charge in [0, 0.05) is 32.7 Å². The summed E-state index contributed by atoms with van der Waals surface area (Å²) >= 11 is 0. The molecule has 88 valence electrons. The molecule has 0 saturated carbocycles. The first-order chi connectivity index (χ1) is 7.75. The van der Waals surface area contributed by atoms with Crippen molar-refractivity contribution >= 4 is 5.69 Å². The Hall–Kier alpha value is -1.26. The molecule has 1 aliphatic rings. The summed E-state index contributed by atoms with van der Waals surface area (Å²) in [5.74, 6) is 0.172. The first-order valence-corrected chi connectivity index (χ1v) is 5.76. The van der Waals surface area contributed by atoms with Crippen molar-refractivity contribution in [2.45, 2.75) is 6.42 Å². The minimum atomic E-state index is 0.172. The average molecular weight is 221 g/mol. The largest absolute Gasteiger partial charge is 0.506 e. The Morgan fingerprint density at radius 1 is 1.31 bits per heavy atom. The third-order valence-corrected chi connectivity index (χ3v) is 3.02. The van der Waals surface area contributed by atoms with Gasteiger partial charge in [0.1, 0.15) is 5.75 Å². The number of nitrogens with zero attached hydrogens (tertiary/aromatic N) is 1. The molecule has 0 atom stereocenters. The van der Waals surface area contributed by atoms with E-state index in [1.54, 1.807) is 6.07 Å². The molecule has 0 aliphatic carbocycles. The van der Waals surface area contributed by atoms with Gasteiger partial charge in [0.05, 0.1) is 5.69 Å². The molecule has 0 aromatic heterocycles. The van der Waals surface area contributed by atoms with Gasteiger partial charge in [0.2, 0.25) is 0 Å². The van der Waals surface area contributed by atoms with Gasteiger partial charge in [-0.1, -0.05) is 6.07 Å². The fourth-order valence-corrected chi connectivity index (χ4v) is 1.98. The number of nitrogens with one attached hydrogen (secondary N) is 1. The Kier molecular flexibility index (Phi) is 3.64. The van der Waals surface area contributed by atoms with Crippen molar-refractivity contribution in [3.05, 3.63) is 23.8 Å². The summed E-state index contributed by atoms with van der Waals surface area (Å²) < 4.78 is 0. The topological polar surface area (TPSA) is 61.5 Å². The van der Waals surface area contributed by atoms with E-state index < -0.39 is 0 Å². The molecule has 16 heavy (non-hydrogen) atoms. The van der Waals surface area contributed by atoms with Gasteiger partial charge in [0.15, 0.2) is 0 Å². The van der Waals surface area contributed by atoms with E-state index >= 15 is 0 Å². The highest BCUT2D eigenvalue weighted by molar-refractivity contribution is 5.53. The van der Waals surface area contributed by atoms with E-state index in [0.717, 1.165) is 39.1 Å². The molecule has 0 unspecified atom stereocenters. The quantitative estimate of drug-likeness (QED) is 0.511. The smallest absolute Gasteiger partial charge is 0.138 e. The summed E-state index contributed by atoms with van der Waals surface area (Å²) in [4.78, 5) is 2.44. The Labute approximate surface area is 96.1 Å². The van der Waals surface area contributed by atoms with Crippen molar-refractivity contribution in [1.29, 1.82) is 0 Å². The highest BCUT2D eigenvalue weighted by Gasteiger charge is 2.09. The van der Waals surface area contributed by atoms with Crippen LogP contribution in [-0.4, -0.2) is 42.7 Å². The zero-order chi connectivity index (χ0) is 11.4. The number of phenols is 1. The van der Waals surface area contributed by atoms with Crippen molar-refractivity contribution in [2.75, 3.05) is 38.5 Å². The zero-order valence-corrected chi connectivity index (χ0v) is 9.45. The summed E-state index contributed by atoms with van der Waals surface area (Å²) in [6, 6.07) is 5.47. The molecule has 0 bridgehead atoms. The zero-order valence-electron chi connectivity index (χ0n) is 9.45. The third kappa shape index (κ3) is 2.87. The van der Waals surface area contributed by atoms with Crippen LogP contribution in [0.3, 0.4) is 0 Å². The molecular weight excluding hydrogens is 202 g/mol. The molecule has 2 rings (SSSR count). The molecular formula is C12H19N3O. The predicted octanol–water partition coefficient (Wildman–Crippen LogP) is 0.422. The maximum Gasteiger partial charge on any atom is 0.138 e. The van der Waals surface area contributed by atoms with Crippen LogP contribution in [0.15, 0.2) is 18.2 Å². The van der Waals surface area contributed by atoms with E-state index in [4.69, 9.17) is 5.73 Å². The fourth-order valence-electron chi connectivity index (χ4n) is 1.98. The van der Waals surface area contributed by atoms with Crippen LogP contribution in [0.5, 0.6) is 5.75 Å². The standard InChI is InChI=1S/C12H19N3O/c13-11-9-10(1-2-12(11)16)3-6-15-7-4-14-5-8-15/h1-2,9,14,16H,3-8,13H2. The summed E-state index contributed by atoms with van der Waals surface area (Å²) in [5, 5.41) is 12.7. The molecule has 4 N–H and O–H groups in total. The van der Waals surface area contributed by atoms with E-state index in [0.29, 0.717) is 5.69 Å². The van der Waals surface area contributed by atoms with Gasteiger partial charge in [-0.15, -0.1) is 0 Å². The Morgan fingerprint density at radius 3 is 2.75 bits per heavy atom. The van der Waals surface area contributed by atoms with Crippen LogP contribution < -0.4 is 11.1 Å². The Balaban J connectivity index is 1.86. The number of hydrogen-bond acceptors (Lipinski definition) is 4. The normalized spacial score (nSPS) is 17.5. The van der Waals surface area contributed by atoms with Crippen molar-refractivity contribution in [1.82, 2.24) is 10.2 Å². The van der Waals surface area contributed by atoms with Gasteiger partial charge in [-0.25, -0.2) is 0 Å². The second-order valence-electron chi connectivity index (χ2n) is 4.23. The maximum absolute atomic E-state index is 9.32. The molecule has 1 aliphatic heterocycles. The van der Waals surface area contributed by atoms with Gasteiger partial charge in [-0.3, -0.25) is 0 Å². The monoisotopic (exact) mass is 221 g/mol. The highest BCUT2D eigenvalue weighted by Crippen LogP contribution is 2.20. The van der Waals surface area contributed by atoms with Gasteiger partial charge in [0.25, 0.3) is 0 Å². The first kappa shape index (κ1) is 11.2. The van der Waals surface area contributed by atoms with Crippen LogP contribution in [0.4, 0.5) is 5.69 Å². The van der Waals surface area contributed by atoms with Crippen molar-refractivity contribution < 1.29 is 5.11 Å². The van der Waals surface area contributed by atoms with Crippen LogP contribution in [0, 0.1) is 0 Å². The molecule has 1 fully saturated rings. The second kappa shape index (κ2) is 5.18. The van der Waals surface area contributed by atoms with Crippen LogP contribution in [0.1, 0.15) is 5.56 Å². The molecule has 1 aromatic rings. The number of nitrogens with two attached hydrogens (primary N) is 1. The second-order valence-corrected chi connectivity index (χ2v) is 4.23. The number of anilines is 1. The summed E-state index contributed by atoms with van der Waals surface area (Å²) in [7, 11) is 0.